The lowest BCUT2D eigenvalue weighted by atomic mass is 10.1. The molecule has 0 spiro atoms. The summed E-state index contributed by atoms with van der Waals surface area (Å²) in [7, 11) is 0. The standard InChI is InChI=1S/C19H14ClNO5/c1-11(22)25-17-15(23)16(13-8-5-9-14(20)10-13)26-19(17)21-18(24)12-6-3-2-4-7-12/h2-10,23H,1H3,(H,21,24). The van der Waals surface area contributed by atoms with Crippen LogP contribution in [0.25, 0.3) is 11.3 Å². The second-order valence-corrected chi connectivity index (χ2v) is 5.80. The summed E-state index contributed by atoms with van der Waals surface area (Å²) in [6.45, 7) is 1.17. The first-order valence-corrected chi connectivity index (χ1v) is 8.00. The third kappa shape index (κ3) is 3.70. The van der Waals surface area contributed by atoms with Crippen LogP contribution >= 0.6 is 11.6 Å². The first kappa shape index (κ1) is 17.6. The fraction of sp³-hybridized carbons (Fsp3) is 0.0526. The summed E-state index contributed by atoms with van der Waals surface area (Å²) < 4.78 is 10.6. The quantitative estimate of drug-likeness (QED) is 0.660. The summed E-state index contributed by atoms with van der Waals surface area (Å²) >= 11 is 5.96. The number of esters is 1. The molecule has 0 unspecified atom stereocenters. The average Bonchev–Trinajstić information content (AvgIpc) is 2.91. The molecule has 1 aromatic heterocycles. The molecule has 0 aliphatic rings. The van der Waals surface area contributed by atoms with Gasteiger partial charge in [-0.15, -0.1) is 0 Å². The van der Waals surface area contributed by atoms with Crippen molar-refractivity contribution >= 4 is 29.4 Å². The van der Waals surface area contributed by atoms with Gasteiger partial charge < -0.3 is 14.3 Å². The van der Waals surface area contributed by atoms with E-state index >= 15 is 0 Å². The van der Waals surface area contributed by atoms with Crippen LogP contribution in [-0.4, -0.2) is 17.0 Å². The summed E-state index contributed by atoms with van der Waals surface area (Å²) in [6.07, 6.45) is 0. The molecule has 132 valence electrons. The Morgan fingerprint density at radius 3 is 2.50 bits per heavy atom. The van der Waals surface area contributed by atoms with Crippen molar-refractivity contribution < 1.29 is 23.8 Å². The Morgan fingerprint density at radius 2 is 1.85 bits per heavy atom. The van der Waals surface area contributed by atoms with E-state index in [9.17, 15) is 14.7 Å². The molecule has 3 rings (SSSR count). The van der Waals surface area contributed by atoms with Crippen LogP contribution in [0.2, 0.25) is 5.02 Å². The number of hydrogen-bond donors (Lipinski definition) is 2. The number of halogens is 1. The SMILES string of the molecule is CC(=O)Oc1c(NC(=O)c2ccccc2)oc(-c2cccc(Cl)c2)c1O. The Morgan fingerprint density at radius 1 is 1.12 bits per heavy atom. The number of carbonyl (C=O) groups is 2. The zero-order chi connectivity index (χ0) is 18.7. The lowest BCUT2D eigenvalue weighted by Gasteiger charge is -2.04. The number of ether oxygens (including phenoxy) is 1. The molecule has 6 nitrogen and oxygen atoms in total. The van der Waals surface area contributed by atoms with E-state index < -0.39 is 17.6 Å². The highest BCUT2D eigenvalue weighted by molar-refractivity contribution is 6.30. The van der Waals surface area contributed by atoms with Crippen LogP contribution in [0.15, 0.2) is 59.0 Å². The second kappa shape index (κ2) is 7.33. The summed E-state index contributed by atoms with van der Waals surface area (Å²) in [5.41, 5.74) is 0.838. The number of nitrogens with one attached hydrogen (secondary N) is 1. The summed E-state index contributed by atoms with van der Waals surface area (Å²) in [5.74, 6) is -1.99. The van der Waals surface area contributed by atoms with Crippen LogP contribution in [0.3, 0.4) is 0 Å². The van der Waals surface area contributed by atoms with Crippen LogP contribution in [0, 0.1) is 0 Å². The summed E-state index contributed by atoms with van der Waals surface area (Å²) in [5, 5.41) is 13.4. The lowest BCUT2D eigenvalue weighted by molar-refractivity contribution is -0.132. The van der Waals surface area contributed by atoms with E-state index in [0.717, 1.165) is 0 Å². The van der Waals surface area contributed by atoms with Crippen molar-refractivity contribution in [1.82, 2.24) is 0 Å². The van der Waals surface area contributed by atoms with Gasteiger partial charge in [0.25, 0.3) is 5.91 Å². The number of anilines is 1. The molecule has 0 atom stereocenters. The normalized spacial score (nSPS) is 10.4. The molecule has 26 heavy (non-hydrogen) atoms. The molecule has 3 aromatic rings. The predicted molar refractivity (Wildman–Crippen MR) is 96.5 cm³/mol. The molecular formula is C19H14ClNO5. The molecule has 2 N–H and O–H groups in total. The molecule has 2 aromatic carbocycles. The van der Waals surface area contributed by atoms with Crippen molar-refractivity contribution in [3.63, 3.8) is 0 Å². The maximum atomic E-state index is 12.3. The minimum absolute atomic E-state index is 0.0205. The number of benzene rings is 2. The van der Waals surface area contributed by atoms with Gasteiger partial charge in [-0.1, -0.05) is 41.9 Å². The average molecular weight is 372 g/mol. The van der Waals surface area contributed by atoms with E-state index in [4.69, 9.17) is 20.8 Å². The molecule has 0 aliphatic carbocycles. The topological polar surface area (TPSA) is 88.8 Å². The molecule has 1 amide bonds. The van der Waals surface area contributed by atoms with E-state index in [-0.39, 0.29) is 17.4 Å². The van der Waals surface area contributed by atoms with Gasteiger partial charge in [0.1, 0.15) is 0 Å². The van der Waals surface area contributed by atoms with E-state index in [0.29, 0.717) is 16.1 Å². The van der Waals surface area contributed by atoms with E-state index in [1.54, 1.807) is 54.6 Å². The van der Waals surface area contributed by atoms with Gasteiger partial charge in [-0.05, 0) is 24.3 Å². The maximum Gasteiger partial charge on any atom is 0.308 e. The third-order valence-electron chi connectivity index (χ3n) is 3.44. The van der Waals surface area contributed by atoms with Gasteiger partial charge in [0.15, 0.2) is 5.76 Å². The van der Waals surface area contributed by atoms with Crippen LogP contribution in [-0.2, 0) is 4.79 Å². The van der Waals surface area contributed by atoms with Crippen molar-refractivity contribution in [2.45, 2.75) is 6.92 Å². The predicted octanol–water partition coefficient (Wildman–Crippen LogP) is 4.48. The Balaban J connectivity index is 2.02. The van der Waals surface area contributed by atoms with Gasteiger partial charge in [-0.25, -0.2) is 0 Å². The zero-order valence-electron chi connectivity index (χ0n) is 13.7. The Hall–Kier alpha value is -3.25. The van der Waals surface area contributed by atoms with E-state index in [1.807, 2.05) is 0 Å². The number of hydrogen-bond acceptors (Lipinski definition) is 5. The molecule has 7 heteroatoms. The number of carbonyl (C=O) groups excluding carboxylic acids is 2. The Bertz CT molecular complexity index is 965. The van der Waals surface area contributed by atoms with Crippen LogP contribution < -0.4 is 10.1 Å². The Labute approximate surface area is 154 Å². The number of rotatable bonds is 4. The number of amides is 1. The molecule has 0 saturated heterocycles. The molecule has 0 fully saturated rings. The highest BCUT2D eigenvalue weighted by atomic mass is 35.5. The zero-order valence-corrected chi connectivity index (χ0v) is 14.4. The van der Waals surface area contributed by atoms with Crippen LogP contribution in [0.5, 0.6) is 11.5 Å². The van der Waals surface area contributed by atoms with E-state index in [2.05, 4.69) is 5.32 Å². The van der Waals surface area contributed by atoms with Gasteiger partial charge in [-0.2, -0.15) is 0 Å². The van der Waals surface area contributed by atoms with Crippen molar-refractivity contribution in [3.05, 3.63) is 65.2 Å². The first-order valence-electron chi connectivity index (χ1n) is 7.62. The van der Waals surface area contributed by atoms with Gasteiger partial charge >= 0.3 is 5.97 Å². The molecule has 0 saturated carbocycles. The van der Waals surface area contributed by atoms with Crippen LogP contribution in [0.1, 0.15) is 17.3 Å². The number of furan rings is 1. The first-order chi connectivity index (χ1) is 12.5. The molecule has 0 radical (unpaired) electrons. The number of aromatic hydroxyl groups is 1. The minimum Gasteiger partial charge on any atom is -0.502 e. The van der Waals surface area contributed by atoms with Crippen molar-refractivity contribution in [1.29, 1.82) is 0 Å². The molecule has 0 bridgehead atoms. The van der Waals surface area contributed by atoms with E-state index in [1.165, 1.54) is 6.92 Å². The fourth-order valence-electron chi connectivity index (χ4n) is 2.32. The lowest BCUT2D eigenvalue weighted by Crippen LogP contribution is -2.12. The third-order valence-corrected chi connectivity index (χ3v) is 3.67. The monoisotopic (exact) mass is 371 g/mol. The van der Waals surface area contributed by atoms with Gasteiger partial charge in [-0.3, -0.25) is 14.9 Å². The highest BCUT2D eigenvalue weighted by Crippen LogP contribution is 2.46. The van der Waals surface area contributed by atoms with Gasteiger partial charge in [0, 0.05) is 23.1 Å². The largest absolute Gasteiger partial charge is 0.502 e. The minimum atomic E-state index is -0.672. The van der Waals surface area contributed by atoms with Crippen molar-refractivity contribution in [2.24, 2.45) is 0 Å². The fourth-order valence-corrected chi connectivity index (χ4v) is 2.51. The molecule has 0 aliphatic heterocycles. The van der Waals surface area contributed by atoms with Gasteiger partial charge in [0.2, 0.25) is 17.4 Å². The van der Waals surface area contributed by atoms with Crippen LogP contribution in [0.4, 0.5) is 5.88 Å². The highest BCUT2D eigenvalue weighted by Gasteiger charge is 2.26. The maximum absolute atomic E-state index is 12.3. The Kier molecular flexibility index (Phi) is 4.95. The smallest absolute Gasteiger partial charge is 0.308 e. The van der Waals surface area contributed by atoms with Gasteiger partial charge in [0.05, 0.1) is 0 Å². The van der Waals surface area contributed by atoms with Crippen molar-refractivity contribution in [2.75, 3.05) is 5.32 Å². The molecular weight excluding hydrogens is 358 g/mol. The van der Waals surface area contributed by atoms with Crippen molar-refractivity contribution in [3.8, 4) is 22.8 Å². The summed E-state index contributed by atoms with van der Waals surface area (Å²) in [4.78, 5) is 23.7. The summed E-state index contributed by atoms with van der Waals surface area (Å²) in [6, 6.07) is 15.0. The second-order valence-electron chi connectivity index (χ2n) is 5.36. The molecule has 1 heterocycles.